The molecule has 0 radical (unpaired) electrons. The van der Waals surface area contributed by atoms with Gasteiger partial charge in [-0.1, -0.05) is 6.07 Å². The Bertz CT molecular complexity index is 507. The molecule has 0 atom stereocenters. The van der Waals surface area contributed by atoms with Crippen LogP contribution in [0.3, 0.4) is 0 Å². The number of hydrogen-bond acceptors (Lipinski definition) is 5. The lowest BCUT2D eigenvalue weighted by atomic mass is 10.1. The quantitative estimate of drug-likeness (QED) is 0.835. The molecule has 1 saturated heterocycles. The minimum atomic E-state index is 0. The number of benzene rings is 1. The Kier molecular flexibility index (Phi) is 8.16. The summed E-state index contributed by atoms with van der Waals surface area (Å²) in [5.41, 5.74) is 1.04. The van der Waals surface area contributed by atoms with Crippen molar-refractivity contribution in [3.8, 4) is 11.5 Å². The first-order valence-electron chi connectivity index (χ1n) is 7.52. The Morgan fingerprint density at radius 3 is 2.57 bits per heavy atom. The Labute approximate surface area is 144 Å². The molecule has 1 fully saturated rings. The lowest BCUT2D eigenvalue weighted by molar-refractivity contribution is -0.132. The number of ether oxygens (including phenoxy) is 2. The van der Waals surface area contributed by atoms with Gasteiger partial charge in [0.05, 0.1) is 20.8 Å². The molecule has 7 heteroatoms. The normalized spacial score (nSPS) is 14.3. The average Bonchev–Trinajstić information content (AvgIpc) is 2.55. The summed E-state index contributed by atoms with van der Waals surface area (Å²) < 4.78 is 10.6. The number of likely N-dealkylation sites (N-methyl/N-ethyl adjacent to an activating group) is 1. The number of piperazine rings is 1. The zero-order chi connectivity index (χ0) is 15.9. The highest BCUT2D eigenvalue weighted by Gasteiger charge is 2.18. The number of methoxy groups -OCH3 is 2. The zero-order valence-corrected chi connectivity index (χ0v) is 14.8. The van der Waals surface area contributed by atoms with Gasteiger partial charge < -0.3 is 19.7 Å². The van der Waals surface area contributed by atoms with Crippen LogP contribution < -0.4 is 14.8 Å². The van der Waals surface area contributed by atoms with Gasteiger partial charge in [0.2, 0.25) is 5.91 Å². The van der Waals surface area contributed by atoms with Crippen molar-refractivity contribution in [1.29, 1.82) is 0 Å². The molecule has 130 valence electrons. The van der Waals surface area contributed by atoms with E-state index in [-0.39, 0.29) is 18.3 Å². The van der Waals surface area contributed by atoms with Crippen molar-refractivity contribution in [3.05, 3.63) is 23.8 Å². The number of nitrogens with zero attached hydrogens (tertiary/aromatic N) is 2. The molecular formula is C16H26ClN3O3. The molecule has 1 amide bonds. The first-order chi connectivity index (χ1) is 10.6. The Balaban J connectivity index is 0.00000264. The first-order valence-corrected chi connectivity index (χ1v) is 7.52. The molecule has 6 nitrogen and oxygen atoms in total. The van der Waals surface area contributed by atoms with Crippen molar-refractivity contribution < 1.29 is 14.3 Å². The lowest BCUT2D eigenvalue weighted by Gasteiger charge is -2.29. The molecule has 1 aliphatic heterocycles. The summed E-state index contributed by atoms with van der Waals surface area (Å²) in [6.07, 6.45) is 0. The molecule has 1 heterocycles. The maximum Gasteiger partial charge on any atom is 0.236 e. The van der Waals surface area contributed by atoms with Gasteiger partial charge in [0, 0.05) is 44.4 Å². The number of rotatable bonds is 6. The fourth-order valence-corrected chi connectivity index (χ4v) is 2.57. The number of carbonyl (C=O) groups excluding carboxylic acids is 1. The number of halogens is 1. The third-order valence-corrected chi connectivity index (χ3v) is 3.81. The maximum absolute atomic E-state index is 12.3. The van der Waals surface area contributed by atoms with Gasteiger partial charge in [0.1, 0.15) is 11.5 Å². The van der Waals surface area contributed by atoms with Gasteiger partial charge in [-0.2, -0.15) is 0 Å². The third-order valence-electron chi connectivity index (χ3n) is 3.81. The highest BCUT2D eigenvalue weighted by Crippen LogP contribution is 2.25. The Morgan fingerprint density at radius 2 is 1.96 bits per heavy atom. The number of hydrogen-bond donors (Lipinski definition) is 1. The van der Waals surface area contributed by atoms with Crippen LogP contribution in [0.5, 0.6) is 11.5 Å². The second-order valence-corrected chi connectivity index (χ2v) is 5.48. The summed E-state index contributed by atoms with van der Waals surface area (Å²) in [5, 5.41) is 3.25. The van der Waals surface area contributed by atoms with Gasteiger partial charge in [0.25, 0.3) is 0 Å². The van der Waals surface area contributed by atoms with Crippen molar-refractivity contribution in [3.63, 3.8) is 0 Å². The molecule has 1 N–H and O–H groups in total. The smallest absolute Gasteiger partial charge is 0.236 e. The van der Waals surface area contributed by atoms with E-state index in [0.29, 0.717) is 13.1 Å². The summed E-state index contributed by atoms with van der Waals surface area (Å²) in [7, 11) is 5.22. The predicted molar refractivity (Wildman–Crippen MR) is 92.6 cm³/mol. The van der Waals surface area contributed by atoms with Crippen LogP contribution in [0.1, 0.15) is 5.56 Å². The number of nitrogens with one attached hydrogen (secondary N) is 1. The minimum absolute atomic E-state index is 0. The summed E-state index contributed by atoms with van der Waals surface area (Å²) in [4.78, 5) is 16.2. The molecule has 2 rings (SSSR count). The van der Waals surface area contributed by atoms with Crippen molar-refractivity contribution in [1.82, 2.24) is 15.1 Å². The summed E-state index contributed by atoms with van der Waals surface area (Å²) in [6.45, 7) is 4.40. The average molecular weight is 344 g/mol. The molecule has 0 bridgehead atoms. The van der Waals surface area contributed by atoms with Crippen molar-refractivity contribution in [2.45, 2.75) is 6.54 Å². The van der Waals surface area contributed by atoms with Gasteiger partial charge in [-0.05, 0) is 13.1 Å². The van der Waals surface area contributed by atoms with Crippen LogP contribution in [0, 0.1) is 0 Å². The summed E-state index contributed by atoms with van der Waals surface area (Å²) >= 11 is 0. The molecule has 23 heavy (non-hydrogen) atoms. The van der Waals surface area contributed by atoms with E-state index in [4.69, 9.17) is 9.47 Å². The van der Waals surface area contributed by atoms with E-state index in [2.05, 4.69) is 5.32 Å². The molecule has 0 spiro atoms. The summed E-state index contributed by atoms with van der Waals surface area (Å²) in [5.74, 6) is 1.72. The highest BCUT2D eigenvalue weighted by atomic mass is 35.5. The molecule has 1 aliphatic rings. The molecule has 0 unspecified atom stereocenters. The Morgan fingerprint density at radius 1 is 1.26 bits per heavy atom. The summed E-state index contributed by atoms with van der Waals surface area (Å²) in [6, 6.07) is 5.74. The van der Waals surface area contributed by atoms with E-state index >= 15 is 0 Å². The second kappa shape index (κ2) is 9.60. The van der Waals surface area contributed by atoms with Gasteiger partial charge in [-0.25, -0.2) is 0 Å². The monoisotopic (exact) mass is 343 g/mol. The standard InChI is InChI=1S/C16H25N3O3.ClH/c1-18(12-16(20)19-8-6-17-7-9-19)11-13-4-5-14(21-2)10-15(13)22-3;/h4-5,10,17H,6-9,11-12H2,1-3H3;1H. The third kappa shape index (κ3) is 5.57. The van der Waals surface area contributed by atoms with Gasteiger partial charge in [-0.15, -0.1) is 12.4 Å². The number of amides is 1. The van der Waals surface area contributed by atoms with E-state index in [1.54, 1.807) is 14.2 Å². The molecule has 1 aromatic carbocycles. The molecule has 0 aromatic heterocycles. The van der Waals surface area contributed by atoms with Crippen molar-refractivity contribution in [2.75, 3.05) is 54.0 Å². The predicted octanol–water partition coefficient (Wildman–Crippen LogP) is 0.989. The van der Waals surface area contributed by atoms with Gasteiger partial charge in [0.15, 0.2) is 0 Å². The number of carbonyl (C=O) groups is 1. The van der Waals surface area contributed by atoms with E-state index in [9.17, 15) is 4.79 Å². The topological polar surface area (TPSA) is 54.0 Å². The van der Waals surface area contributed by atoms with Crippen molar-refractivity contribution >= 4 is 18.3 Å². The first kappa shape index (κ1) is 19.5. The second-order valence-electron chi connectivity index (χ2n) is 5.48. The van der Waals surface area contributed by atoms with Gasteiger partial charge >= 0.3 is 0 Å². The van der Waals surface area contributed by atoms with E-state index in [0.717, 1.165) is 43.2 Å². The Hall–Kier alpha value is -1.50. The van der Waals surface area contributed by atoms with Crippen LogP contribution in [0.15, 0.2) is 18.2 Å². The van der Waals surface area contributed by atoms with E-state index in [1.807, 2.05) is 35.0 Å². The van der Waals surface area contributed by atoms with Crippen LogP contribution in [-0.4, -0.2) is 69.7 Å². The fraction of sp³-hybridized carbons (Fsp3) is 0.562. The molecule has 1 aromatic rings. The van der Waals surface area contributed by atoms with Crippen LogP contribution in [0.2, 0.25) is 0 Å². The zero-order valence-electron chi connectivity index (χ0n) is 14.0. The van der Waals surface area contributed by atoms with E-state index < -0.39 is 0 Å². The highest BCUT2D eigenvalue weighted by molar-refractivity contribution is 5.85. The van der Waals surface area contributed by atoms with E-state index in [1.165, 1.54) is 0 Å². The van der Waals surface area contributed by atoms with Crippen molar-refractivity contribution in [2.24, 2.45) is 0 Å². The van der Waals surface area contributed by atoms with Gasteiger partial charge in [-0.3, -0.25) is 9.69 Å². The fourth-order valence-electron chi connectivity index (χ4n) is 2.57. The van der Waals surface area contributed by atoms with Crippen LogP contribution in [0.25, 0.3) is 0 Å². The maximum atomic E-state index is 12.3. The lowest BCUT2D eigenvalue weighted by Crippen LogP contribution is -2.49. The SMILES string of the molecule is COc1ccc(CN(C)CC(=O)N2CCNCC2)c(OC)c1.Cl. The molecule has 0 aliphatic carbocycles. The minimum Gasteiger partial charge on any atom is -0.497 e. The largest absolute Gasteiger partial charge is 0.497 e. The van der Waals surface area contributed by atoms with Crippen LogP contribution in [-0.2, 0) is 11.3 Å². The molecular weight excluding hydrogens is 318 g/mol. The molecule has 0 saturated carbocycles. The van der Waals surface area contributed by atoms with Crippen LogP contribution >= 0.6 is 12.4 Å². The van der Waals surface area contributed by atoms with Crippen LogP contribution in [0.4, 0.5) is 0 Å².